The van der Waals surface area contributed by atoms with Crippen LogP contribution in [0.4, 0.5) is 0 Å². The van der Waals surface area contributed by atoms with Crippen molar-refractivity contribution in [2.75, 3.05) is 0 Å². The van der Waals surface area contributed by atoms with Gasteiger partial charge >= 0.3 is 0 Å². The van der Waals surface area contributed by atoms with Gasteiger partial charge in [0.15, 0.2) is 0 Å². The first kappa shape index (κ1) is 8.46. The summed E-state index contributed by atoms with van der Waals surface area (Å²) in [4.78, 5) is 10.4. The predicted molar refractivity (Wildman–Crippen MR) is 47.6 cm³/mol. The van der Waals surface area contributed by atoms with E-state index in [1.807, 2.05) is 25.1 Å². The lowest BCUT2D eigenvalue weighted by Gasteiger charge is -1.70. The van der Waals surface area contributed by atoms with Gasteiger partial charge in [0.05, 0.1) is 6.33 Å². The van der Waals surface area contributed by atoms with Gasteiger partial charge in [0.2, 0.25) is 0 Å². The quantitative estimate of drug-likeness (QED) is 0.640. The van der Waals surface area contributed by atoms with Gasteiger partial charge in [-0.05, 0) is 19.1 Å². The molecule has 2 aromatic heterocycles. The van der Waals surface area contributed by atoms with Crippen molar-refractivity contribution in [3.63, 3.8) is 0 Å². The number of nitrogens with zero attached hydrogens (tertiary/aromatic N) is 2. The molecule has 0 bridgehead atoms. The minimum Gasteiger partial charge on any atom is -0.349 e. The van der Waals surface area contributed by atoms with Gasteiger partial charge in [0, 0.05) is 24.3 Å². The van der Waals surface area contributed by atoms with E-state index in [1.165, 1.54) is 0 Å². The number of pyridine rings is 1. The fourth-order valence-electron chi connectivity index (χ4n) is 0.638. The first-order valence-corrected chi connectivity index (χ1v) is 3.69. The molecule has 3 heteroatoms. The van der Waals surface area contributed by atoms with Gasteiger partial charge in [-0.3, -0.25) is 4.98 Å². The third-order valence-electron chi connectivity index (χ3n) is 1.20. The van der Waals surface area contributed by atoms with Crippen molar-refractivity contribution >= 4 is 0 Å². The van der Waals surface area contributed by atoms with Crippen LogP contribution >= 0.6 is 0 Å². The van der Waals surface area contributed by atoms with Gasteiger partial charge in [0.25, 0.3) is 0 Å². The molecule has 0 saturated carbocycles. The molecule has 2 aromatic rings. The van der Waals surface area contributed by atoms with Crippen molar-refractivity contribution in [1.29, 1.82) is 0 Å². The van der Waals surface area contributed by atoms with Crippen LogP contribution in [0.25, 0.3) is 0 Å². The topological polar surface area (TPSA) is 41.6 Å². The Balaban J connectivity index is 0.000000120. The Bertz CT molecular complexity index is 249. The second-order valence-corrected chi connectivity index (χ2v) is 2.26. The average Bonchev–Trinajstić information content (AvgIpc) is 2.60. The molecular weight excluding hydrogens is 150 g/mol. The van der Waals surface area contributed by atoms with Crippen LogP contribution in [0.1, 0.15) is 5.69 Å². The summed E-state index contributed by atoms with van der Waals surface area (Å²) in [6.45, 7) is 1.97. The van der Waals surface area contributed by atoms with E-state index >= 15 is 0 Å². The third-order valence-corrected chi connectivity index (χ3v) is 1.20. The van der Waals surface area contributed by atoms with E-state index in [1.54, 1.807) is 24.9 Å². The number of nitrogens with one attached hydrogen (secondary N) is 1. The van der Waals surface area contributed by atoms with Crippen LogP contribution in [-0.4, -0.2) is 15.0 Å². The number of hydrogen-bond acceptors (Lipinski definition) is 2. The normalized spacial score (nSPS) is 8.42. The molecule has 2 rings (SSSR count). The molecule has 0 aliphatic heterocycles. The number of rotatable bonds is 0. The molecule has 12 heavy (non-hydrogen) atoms. The van der Waals surface area contributed by atoms with Gasteiger partial charge in [-0.25, -0.2) is 4.98 Å². The van der Waals surface area contributed by atoms with Crippen molar-refractivity contribution in [1.82, 2.24) is 15.0 Å². The molecule has 3 nitrogen and oxygen atoms in total. The Morgan fingerprint density at radius 1 is 1.08 bits per heavy atom. The molecule has 0 spiro atoms. The van der Waals surface area contributed by atoms with Crippen LogP contribution < -0.4 is 0 Å². The largest absolute Gasteiger partial charge is 0.349 e. The summed E-state index contributed by atoms with van der Waals surface area (Å²) in [5.41, 5.74) is 1.11. The molecule has 0 radical (unpaired) electrons. The average molecular weight is 161 g/mol. The van der Waals surface area contributed by atoms with Gasteiger partial charge in [0.1, 0.15) is 0 Å². The van der Waals surface area contributed by atoms with Crippen molar-refractivity contribution in [2.24, 2.45) is 0 Å². The van der Waals surface area contributed by atoms with E-state index in [-0.39, 0.29) is 0 Å². The van der Waals surface area contributed by atoms with Gasteiger partial charge in [-0.2, -0.15) is 0 Å². The summed E-state index contributed by atoms with van der Waals surface area (Å²) in [5, 5.41) is 0. The zero-order valence-electron chi connectivity index (χ0n) is 6.94. The number of aromatic nitrogens is 3. The highest BCUT2D eigenvalue weighted by atomic mass is 14.8. The molecule has 0 atom stereocenters. The molecular formula is C9H11N3. The number of aryl methyl sites for hydroxylation is 1. The Kier molecular flexibility index (Phi) is 3.57. The summed E-state index contributed by atoms with van der Waals surface area (Å²) in [7, 11) is 0. The highest BCUT2D eigenvalue weighted by molar-refractivity contribution is 4.88. The summed E-state index contributed by atoms with van der Waals surface area (Å²) >= 11 is 0. The molecule has 0 amide bonds. The van der Waals surface area contributed by atoms with Crippen LogP contribution in [0.5, 0.6) is 0 Å². The highest BCUT2D eigenvalue weighted by Crippen LogP contribution is 1.81. The minimum absolute atomic E-state index is 1.11. The van der Waals surface area contributed by atoms with Crippen molar-refractivity contribution in [2.45, 2.75) is 6.92 Å². The molecule has 0 unspecified atom stereocenters. The maximum atomic E-state index is 3.78. The lowest BCUT2D eigenvalue weighted by atomic mass is 10.5. The molecule has 0 saturated heterocycles. The number of hydrogen-bond donors (Lipinski definition) is 1. The smallest absolute Gasteiger partial charge is 0.0921 e. The van der Waals surface area contributed by atoms with Crippen LogP contribution in [0.15, 0.2) is 43.1 Å². The van der Waals surface area contributed by atoms with Crippen LogP contribution in [-0.2, 0) is 0 Å². The molecule has 0 aromatic carbocycles. The first-order valence-electron chi connectivity index (χ1n) is 3.69. The van der Waals surface area contributed by atoms with E-state index in [2.05, 4.69) is 15.0 Å². The van der Waals surface area contributed by atoms with Crippen LogP contribution in [0.3, 0.4) is 0 Å². The molecule has 0 aliphatic carbocycles. The number of H-pyrrole nitrogens is 1. The summed E-state index contributed by atoms with van der Waals surface area (Å²) in [6.07, 6.45) is 6.94. The third kappa shape index (κ3) is 3.51. The Labute approximate surface area is 71.5 Å². The van der Waals surface area contributed by atoms with E-state index in [0.29, 0.717) is 0 Å². The number of aromatic amines is 1. The van der Waals surface area contributed by atoms with E-state index in [0.717, 1.165) is 5.69 Å². The van der Waals surface area contributed by atoms with Crippen molar-refractivity contribution in [3.05, 3.63) is 48.8 Å². The summed E-state index contributed by atoms with van der Waals surface area (Å²) in [6, 6.07) is 5.72. The Hall–Kier alpha value is -1.64. The summed E-state index contributed by atoms with van der Waals surface area (Å²) in [5.74, 6) is 0. The first-order chi connectivity index (χ1) is 5.89. The van der Waals surface area contributed by atoms with Crippen molar-refractivity contribution < 1.29 is 0 Å². The van der Waals surface area contributed by atoms with Gasteiger partial charge < -0.3 is 4.98 Å². The van der Waals surface area contributed by atoms with Gasteiger partial charge in [-0.1, -0.05) is 6.07 Å². The lowest BCUT2D eigenvalue weighted by molar-refractivity contribution is 1.25. The zero-order chi connectivity index (χ0) is 8.65. The second-order valence-electron chi connectivity index (χ2n) is 2.26. The highest BCUT2D eigenvalue weighted by Gasteiger charge is 1.73. The second kappa shape index (κ2) is 5.07. The zero-order valence-corrected chi connectivity index (χ0v) is 6.94. The molecule has 1 N–H and O–H groups in total. The van der Waals surface area contributed by atoms with E-state index in [4.69, 9.17) is 0 Å². The Morgan fingerprint density at radius 2 is 1.83 bits per heavy atom. The minimum atomic E-state index is 1.11. The molecule has 0 fully saturated rings. The SMILES string of the molecule is Cc1cnc[nH]1.c1ccncc1. The molecule has 62 valence electrons. The maximum absolute atomic E-state index is 3.78. The molecule has 2 heterocycles. The monoisotopic (exact) mass is 161 g/mol. The lowest BCUT2D eigenvalue weighted by Crippen LogP contribution is -1.59. The van der Waals surface area contributed by atoms with Crippen LogP contribution in [0.2, 0.25) is 0 Å². The standard InChI is InChI=1S/C5H5N.C4H6N2/c1-2-4-6-5-3-1;1-4-2-5-3-6-4/h1-5H;2-3H,1H3,(H,5,6). The maximum Gasteiger partial charge on any atom is 0.0921 e. The van der Waals surface area contributed by atoms with Crippen LogP contribution in [0, 0.1) is 6.92 Å². The summed E-state index contributed by atoms with van der Waals surface area (Å²) < 4.78 is 0. The van der Waals surface area contributed by atoms with E-state index in [9.17, 15) is 0 Å². The predicted octanol–water partition coefficient (Wildman–Crippen LogP) is 1.80. The van der Waals surface area contributed by atoms with E-state index < -0.39 is 0 Å². The number of imidazole rings is 1. The molecule has 0 aliphatic rings. The van der Waals surface area contributed by atoms with Crippen molar-refractivity contribution in [3.8, 4) is 0 Å². The fraction of sp³-hybridized carbons (Fsp3) is 0.111. The Morgan fingerprint density at radius 3 is 2.00 bits per heavy atom. The van der Waals surface area contributed by atoms with Gasteiger partial charge in [-0.15, -0.1) is 0 Å². The fourth-order valence-corrected chi connectivity index (χ4v) is 0.638.